The zero-order chi connectivity index (χ0) is 23.0. The van der Waals surface area contributed by atoms with Gasteiger partial charge in [-0.05, 0) is 36.8 Å². The van der Waals surface area contributed by atoms with Crippen LogP contribution in [0.3, 0.4) is 0 Å². The van der Waals surface area contributed by atoms with E-state index in [4.69, 9.17) is 14.2 Å². The van der Waals surface area contributed by atoms with E-state index in [1.165, 1.54) is 0 Å². The van der Waals surface area contributed by atoms with Crippen LogP contribution in [-0.4, -0.2) is 74.3 Å². The second-order valence-electron chi connectivity index (χ2n) is 8.10. The number of nitrogens with zero attached hydrogens (tertiary/aromatic N) is 3. The number of para-hydroxylation sites is 1. The van der Waals surface area contributed by atoms with Gasteiger partial charge in [0.1, 0.15) is 17.2 Å². The quantitative estimate of drug-likeness (QED) is 0.497. The van der Waals surface area contributed by atoms with Crippen LogP contribution in [0, 0.1) is 0 Å². The van der Waals surface area contributed by atoms with Gasteiger partial charge in [0.25, 0.3) is 5.91 Å². The molecule has 2 heterocycles. The number of methoxy groups -OCH3 is 2. The zero-order valence-corrected chi connectivity index (χ0v) is 19.3. The first-order valence-electron chi connectivity index (χ1n) is 11.3. The lowest BCUT2D eigenvalue weighted by atomic mass is 10.1. The Hall–Kier alpha value is -3.16. The van der Waals surface area contributed by atoms with Crippen LogP contribution in [0.25, 0.3) is 10.9 Å². The van der Waals surface area contributed by atoms with Crippen LogP contribution in [0.15, 0.2) is 54.6 Å². The van der Waals surface area contributed by atoms with Gasteiger partial charge < -0.3 is 19.1 Å². The molecule has 33 heavy (non-hydrogen) atoms. The number of aromatic nitrogens is 1. The number of carbonyl (C=O) groups excluding carboxylic acids is 1. The van der Waals surface area contributed by atoms with Crippen molar-refractivity contribution in [2.24, 2.45) is 0 Å². The van der Waals surface area contributed by atoms with Crippen LogP contribution in [0.1, 0.15) is 22.5 Å². The summed E-state index contributed by atoms with van der Waals surface area (Å²) >= 11 is 0. The molecule has 0 spiro atoms. The lowest BCUT2D eigenvalue weighted by Crippen LogP contribution is -2.39. The Balaban J connectivity index is 1.56. The van der Waals surface area contributed by atoms with Crippen LogP contribution in [0.4, 0.5) is 0 Å². The Labute approximate surface area is 194 Å². The molecule has 2 aromatic carbocycles. The third-order valence-corrected chi connectivity index (χ3v) is 5.96. The van der Waals surface area contributed by atoms with E-state index in [0.717, 1.165) is 67.2 Å². The van der Waals surface area contributed by atoms with Crippen molar-refractivity contribution < 1.29 is 19.0 Å². The Morgan fingerprint density at radius 1 is 1.06 bits per heavy atom. The lowest BCUT2D eigenvalue weighted by molar-refractivity contribution is 0.0355. The molecule has 174 valence electrons. The van der Waals surface area contributed by atoms with Crippen molar-refractivity contribution >= 4 is 16.8 Å². The van der Waals surface area contributed by atoms with E-state index in [2.05, 4.69) is 9.88 Å². The number of morpholine rings is 1. The summed E-state index contributed by atoms with van der Waals surface area (Å²) in [5, 5.41) is 1.02. The maximum absolute atomic E-state index is 13.6. The van der Waals surface area contributed by atoms with Gasteiger partial charge in [-0.2, -0.15) is 0 Å². The molecule has 1 fully saturated rings. The van der Waals surface area contributed by atoms with Crippen LogP contribution >= 0.6 is 0 Å². The van der Waals surface area contributed by atoms with Crippen LogP contribution in [0.2, 0.25) is 0 Å². The molecular weight excluding hydrogens is 418 g/mol. The maximum Gasteiger partial charge on any atom is 0.272 e. The summed E-state index contributed by atoms with van der Waals surface area (Å²) in [6.45, 7) is 5.36. The highest BCUT2D eigenvalue weighted by Gasteiger charge is 2.20. The molecular formula is C26H31N3O4. The SMILES string of the molecule is COc1ccc(OC)c(CN(CCCN2CCOCC2)C(=O)c2ccc3ccccc3n2)c1. The minimum absolute atomic E-state index is 0.0902. The van der Waals surface area contributed by atoms with Crippen molar-refractivity contribution in [3.05, 3.63) is 65.9 Å². The monoisotopic (exact) mass is 449 g/mol. The molecule has 0 bridgehead atoms. The zero-order valence-electron chi connectivity index (χ0n) is 19.3. The highest BCUT2D eigenvalue weighted by molar-refractivity contribution is 5.95. The summed E-state index contributed by atoms with van der Waals surface area (Å²) in [4.78, 5) is 22.5. The smallest absolute Gasteiger partial charge is 0.272 e. The fourth-order valence-corrected chi connectivity index (χ4v) is 4.12. The van der Waals surface area contributed by atoms with E-state index in [1.807, 2.05) is 59.5 Å². The summed E-state index contributed by atoms with van der Waals surface area (Å²) < 4.78 is 16.4. The average Bonchev–Trinajstić information content (AvgIpc) is 2.88. The number of amides is 1. The third kappa shape index (κ3) is 5.80. The van der Waals surface area contributed by atoms with E-state index in [0.29, 0.717) is 18.8 Å². The third-order valence-electron chi connectivity index (χ3n) is 5.96. The van der Waals surface area contributed by atoms with Crippen LogP contribution in [-0.2, 0) is 11.3 Å². The molecule has 1 aromatic heterocycles. The molecule has 0 radical (unpaired) electrons. The molecule has 1 aliphatic rings. The van der Waals surface area contributed by atoms with Crippen LogP contribution < -0.4 is 9.47 Å². The molecule has 3 aromatic rings. The van der Waals surface area contributed by atoms with Gasteiger partial charge in [0.05, 0.1) is 33.0 Å². The van der Waals surface area contributed by atoms with Crippen molar-refractivity contribution in [2.75, 3.05) is 53.6 Å². The molecule has 0 unspecified atom stereocenters. The lowest BCUT2D eigenvalue weighted by Gasteiger charge is -2.28. The molecule has 7 nitrogen and oxygen atoms in total. The van der Waals surface area contributed by atoms with Gasteiger partial charge in [-0.1, -0.05) is 24.3 Å². The number of rotatable bonds is 9. The van der Waals surface area contributed by atoms with E-state index in [1.54, 1.807) is 14.2 Å². The van der Waals surface area contributed by atoms with Crippen molar-refractivity contribution in [2.45, 2.75) is 13.0 Å². The molecule has 4 rings (SSSR count). The molecule has 0 aliphatic carbocycles. The fraction of sp³-hybridized carbons (Fsp3) is 0.385. The molecule has 0 atom stereocenters. The maximum atomic E-state index is 13.6. The molecule has 0 N–H and O–H groups in total. The van der Waals surface area contributed by atoms with Gasteiger partial charge in [0.2, 0.25) is 0 Å². The van der Waals surface area contributed by atoms with E-state index >= 15 is 0 Å². The van der Waals surface area contributed by atoms with Crippen molar-refractivity contribution in [1.29, 1.82) is 0 Å². The first-order chi connectivity index (χ1) is 16.2. The van der Waals surface area contributed by atoms with E-state index in [-0.39, 0.29) is 5.91 Å². The molecule has 1 aliphatic heterocycles. The number of hydrogen-bond donors (Lipinski definition) is 0. The largest absolute Gasteiger partial charge is 0.497 e. The van der Waals surface area contributed by atoms with Gasteiger partial charge in [-0.15, -0.1) is 0 Å². The van der Waals surface area contributed by atoms with Gasteiger partial charge in [0.15, 0.2) is 0 Å². The van der Waals surface area contributed by atoms with Crippen molar-refractivity contribution in [3.63, 3.8) is 0 Å². The number of benzene rings is 2. The standard InChI is InChI=1S/C26H31N3O4/c1-31-22-9-11-25(32-2)21(18-22)19-29(13-5-12-28-14-16-33-17-15-28)26(30)24-10-8-20-6-3-4-7-23(20)27-24/h3-4,6-11,18H,5,12-17,19H2,1-2H3. The fourth-order valence-electron chi connectivity index (χ4n) is 4.12. The van der Waals surface area contributed by atoms with Gasteiger partial charge >= 0.3 is 0 Å². The number of hydrogen-bond acceptors (Lipinski definition) is 6. The average molecular weight is 450 g/mol. The summed E-state index contributed by atoms with van der Waals surface area (Å²) in [6, 6.07) is 17.3. The minimum atomic E-state index is -0.0902. The Morgan fingerprint density at radius 3 is 2.67 bits per heavy atom. The summed E-state index contributed by atoms with van der Waals surface area (Å²) in [5.41, 5.74) is 2.16. The summed E-state index contributed by atoms with van der Waals surface area (Å²) in [5.74, 6) is 1.37. The van der Waals surface area contributed by atoms with E-state index in [9.17, 15) is 4.79 Å². The topological polar surface area (TPSA) is 64.1 Å². The second-order valence-corrected chi connectivity index (χ2v) is 8.10. The number of ether oxygens (including phenoxy) is 3. The summed E-state index contributed by atoms with van der Waals surface area (Å²) in [6.07, 6.45) is 0.867. The second kappa shape index (κ2) is 11.1. The van der Waals surface area contributed by atoms with Crippen molar-refractivity contribution in [1.82, 2.24) is 14.8 Å². The van der Waals surface area contributed by atoms with E-state index < -0.39 is 0 Å². The highest BCUT2D eigenvalue weighted by Crippen LogP contribution is 2.26. The predicted molar refractivity (Wildman–Crippen MR) is 128 cm³/mol. The predicted octanol–water partition coefficient (Wildman–Crippen LogP) is 3.62. The van der Waals surface area contributed by atoms with Crippen molar-refractivity contribution in [3.8, 4) is 11.5 Å². The highest BCUT2D eigenvalue weighted by atomic mass is 16.5. The van der Waals surface area contributed by atoms with Crippen LogP contribution in [0.5, 0.6) is 11.5 Å². The number of pyridine rings is 1. The number of fused-ring (bicyclic) bond motifs is 1. The summed E-state index contributed by atoms with van der Waals surface area (Å²) in [7, 11) is 3.27. The normalized spacial score (nSPS) is 14.2. The van der Waals surface area contributed by atoms with Gasteiger partial charge in [-0.25, -0.2) is 4.98 Å². The Kier molecular flexibility index (Phi) is 7.75. The Morgan fingerprint density at radius 2 is 1.88 bits per heavy atom. The van der Waals surface area contributed by atoms with Gasteiger partial charge in [0, 0.05) is 43.7 Å². The molecule has 1 saturated heterocycles. The Bertz CT molecular complexity index is 1080. The first-order valence-corrected chi connectivity index (χ1v) is 11.3. The van der Waals surface area contributed by atoms with Gasteiger partial charge in [-0.3, -0.25) is 9.69 Å². The molecule has 7 heteroatoms. The number of carbonyl (C=O) groups is 1. The first kappa shape index (κ1) is 23.0. The minimum Gasteiger partial charge on any atom is -0.497 e. The molecule has 1 amide bonds. The molecule has 0 saturated carbocycles.